The van der Waals surface area contributed by atoms with E-state index in [2.05, 4.69) is 35.7 Å². The molecule has 3 heterocycles. The van der Waals surface area contributed by atoms with Gasteiger partial charge in [-0.3, -0.25) is 5.10 Å². The lowest BCUT2D eigenvalue weighted by Gasteiger charge is -2.33. The van der Waals surface area contributed by atoms with Crippen molar-refractivity contribution in [3.8, 4) is 0 Å². The molecule has 25 heavy (non-hydrogen) atoms. The van der Waals surface area contributed by atoms with E-state index in [-0.39, 0.29) is 12.1 Å². The molecule has 8 heteroatoms. The van der Waals surface area contributed by atoms with Crippen molar-refractivity contribution in [2.45, 2.75) is 57.0 Å². The Morgan fingerprint density at radius 2 is 1.76 bits per heavy atom. The van der Waals surface area contributed by atoms with Crippen molar-refractivity contribution >= 4 is 22.9 Å². The number of carbonyl (C=O) groups excluding carboxylic acids is 1. The number of hydrogen-bond acceptors (Lipinski definition) is 5. The lowest BCUT2D eigenvalue weighted by molar-refractivity contribution is 0.226. The molecule has 0 atom stereocenters. The highest BCUT2D eigenvalue weighted by Gasteiger charge is 2.24. The maximum absolute atomic E-state index is 12.2. The summed E-state index contributed by atoms with van der Waals surface area (Å²) in [4.78, 5) is 23.1. The number of nitrogens with one attached hydrogen (secondary N) is 3. The van der Waals surface area contributed by atoms with Crippen LogP contribution in [0.5, 0.6) is 0 Å². The summed E-state index contributed by atoms with van der Waals surface area (Å²) in [5, 5.41) is 14.2. The van der Waals surface area contributed by atoms with Crippen molar-refractivity contribution in [1.82, 2.24) is 30.8 Å². The topological polar surface area (TPSA) is 98.8 Å². The van der Waals surface area contributed by atoms with E-state index in [0.717, 1.165) is 55.6 Å². The van der Waals surface area contributed by atoms with Crippen LogP contribution in [-0.4, -0.2) is 51.4 Å². The molecule has 2 amide bonds. The van der Waals surface area contributed by atoms with Crippen LogP contribution in [-0.2, 0) is 0 Å². The average Bonchev–Trinajstić information content (AvgIpc) is 3.12. The zero-order valence-corrected chi connectivity index (χ0v) is 14.4. The summed E-state index contributed by atoms with van der Waals surface area (Å²) in [5.74, 6) is 0.920. The zero-order chi connectivity index (χ0) is 17.1. The molecule has 1 aliphatic carbocycles. The fourth-order valence-electron chi connectivity index (χ4n) is 3.90. The molecule has 3 N–H and O–H groups in total. The van der Waals surface area contributed by atoms with Crippen molar-refractivity contribution in [1.29, 1.82) is 0 Å². The molecule has 0 radical (unpaired) electrons. The first-order chi connectivity index (χ1) is 12.3. The van der Waals surface area contributed by atoms with E-state index in [1.54, 1.807) is 12.5 Å². The second-order valence-electron chi connectivity index (χ2n) is 7.04. The van der Waals surface area contributed by atoms with Crippen molar-refractivity contribution < 1.29 is 4.79 Å². The van der Waals surface area contributed by atoms with Gasteiger partial charge >= 0.3 is 6.03 Å². The van der Waals surface area contributed by atoms with Crippen LogP contribution in [0.3, 0.4) is 0 Å². The second-order valence-corrected chi connectivity index (χ2v) is 7.04. The maximum atomic E-state index is 12.2. The van der Waals surface area contributed by atoms with Gasteiger partial charge in [-0.1, -0.05) is 19.3 Å². The number of aromatic amines is 1. The number of urea groups is 1. The van der Waals surface area contributed by atoms with Crippen LogP contribution >= 0.6 is 0 Å². The summed E-state index contributed by atoms with van der Waals surface area (Å²) < 4.78 is 0. The summed E-state index contributed by atoms with van der Waals surface area (Å²) >= 11 is 0. The molecule has 2 fully saturated rings. The van der Waals surface area contributed by atoms with Crippen LogP contribution in [0.25, 0.3) is 11.0 Å². The standard InChI is InChI=1S/C17H25N7O/c25-17(21-12-4-2-1-3-5-12)22-13-6-8-24(9-7-13)16-14-10-20-23-15(14)18-11-19-16/h10-13H,1-9H2,(H2,21,22,25)(H,18,19,20,23). The quantitative estimate of drug-likeness (QED) is 0.791. The molecule has 134 valence electrons. The minimum Gasteiger partial charge on any atom is -0.356 e. The third-order valence-corrected chi connectivity index (χ3v) is 5.30. The molecular weight excluding hydrogens is 318 g/mol. The third-order valence-electron chi connectivity index (χ3n) is 5.30. The van der Waals surface area contributed by atoms with Gasteiger partial charge in [0.15, 0.2) is 5.65 Å². The number of amides is 2. The van der Waals surface area contributed by atoms with Crippen molar-refractivity contribution in [3.05, 3.63) is 12.5 Å². The van der Waals surface area contributed by atoms with Crippen LogP contribution < -0.4 is 15.5 Å². The first-order valence-electron chi connectivity index (χ1n) is 9.25. The molecule has 1 aliphatic heterocycles. The van der Waals surface area contributed by atoms with Crippen LogP contribution in [0.1, 0.15) is 44.9 Å². The Morgan fingerprint density at radius 1 is 1.04 bits per heavy atom. The molecule has 0 aromatic carbocycles. The van der Waals surface area contributed by atoms with E-state index in [1.165, 1.54) is 19.3 Å². The minimum absolute atomic E-state index is 0.00962. The van der Waals surface area contributed by atoms with Gasteiger partial charge in [0.25, 0.3) is 0 Å². The Kier molecular flexibility index (Phi) is 4.67. The Bertz CT molecular complexity index is 717. The molecule has 4 rings (SSSR count). The summed E-state index contributed by atoms with van der Waals surface area (Å²) in [6.07, 6.45) is 11.1. The summed E-state index contributed by atoms with van der Waals surface area (Å²) in [6.45, 7) is 1.73. The first-order valence-corrected chi connectivity index (χ1v) is 9.25. The fourth-order valence-corrected chi connectivity index (χ4v) is 3.90. The Morgan fingerprint density at radius 3 is 2.52 bits per heavy atom. The number of hydrogen-bond donors (Lipinski definition) is 3. The Balaban J connectivity index is 1.29. The summed E-state index contributed by atoms with van der Waals surface area (Å²) in [7, 11) is 0. The molecular formula is C17H25N7O. The number of piperidine rings is 1. The number of nitrogens with zero attached hydrogens (tertiary/aromatic N) is 4. The molecule has 2 aromatic rings. The minimum atomic E-state index is -0.00962. The highest BCUT2D eigenvalue weighted by Crippen LogP contribution is 2.24. The van der Waals surface area contributed by atoms with E-state index in [4.69, 9.17) is 0 Å². The predicted molar refractivity (Wildman–Crippen MR) is 95.5 cm³/mol. The third kappa shape index (κ3) is 3.67. The van der Waals surface area contributed by atoms with Gasteiger partial charge in [0.2, 0.25) is 0 Å². The lowest BCUT2D eigenvalue weighted by Crippen LogP contribution is -2.50. The van der Waals surface area contributed by atoms with Gasteiger partial charge in [0, 0.05) is 25.2 Å². The van der Waals surface area contributed by atoms with Gasteiger partial charge in [-0.25, -0.2) is 14.8 Å². The number of anilines is 1. The van der Waals surface area contributed by atoms with Crippen LogP contribution in [0.2, 0.25) is 0 Å². The normalized spacial score (nSPS) is 19.9. The van der Waals surface area contributed by atoms with Crippen LogP contribution in [0.15, 0.2) is 12.5 Å². The molecule has 0 bridgehead atoms. The molecule has 2 aromatic heterocycles. The van der Waals surface area contributed by atoms with Gasteiger partial charge in [-0.15, -0.1) is 0 Å². The first kappa shape index (κ1) is 16.1. The van der Waals surface area contributed by atoms with Gasteiger partial charge in [0.05, 0.1) is 11.6 Å². The van der Waals surface area contributed by atoms with E-state index in [0.29, 0.717) is 6.04 Å². The smallest absolute Gasteiger partial charge is 0.315 e. The predicted octanol–water partition coefficient (Wildman–Crippen LogP) is 1.95. The van der Waals surface area contributed by atoms with Gasteiger partial charge in [0.1, 0.15) is 12.1 Å². The lowest BCUT2D eigenvalue weighted by atomic mass is 9.96. The number of aromatic nitrogens is 4. The van der Waals surface area contributed by atoms with Crippen LogP contribution in [0, 0.1) is 0 Å². The molecule has 1 saturated heterocycles. The van der Waals surface area contributed by atoms with E-state index >= 15 is 0 Å². The van der Waals surface area contributed by atoms with Crippen molar-refractivity contribution in [2.75, 3.05) is 18.0 Å². The summed E-state index contributed by atoms with van der Waals surface area (Å²) in [6, 6.07) is 0.565. The largest absolute Gasteiger partial charge is 0.356 e. The molecule has 0 unspecified atom stereocenters. The number of carbonyl (C=O) groups is 1. The number of H-pyrrole nitrogens is 1. The highest BCUT2D eigenvalue weighted by atomic mass is 16.2. The van der Waals surface area contributed by atoms with Crippen molar-refractivity contribution in [3.63, 3.8) is 0 Å². The van der Waals surface area contributed by atoms with Gasteiger partial charge < -0.3 is 15.5 Å². The van der Waals surface area contributed by atoms with E-state index in [9.17, 15) is 4.79 Å². The molecule has 0 spiro atoms. The SMILES string of the molecule is O=C(NC1CCCCC1)NC1CCN(c2ncnc3[nH]ncc23)CC1. The van der Waals surface area contributed by atoms with Crippen molar-refractivity contribution in [2.24, 2.45) is 0 Å². The van der Waals surface area contributed by atoms with Gasteiger partial charge in [-0.05, 0) is 25.7 Å². The summed E-state index contributed by atoms with van der Waals surface area (Å²) in [5.41, 5.74) is 0.761. The van der Waals surface area contributed by atoms with E-state index in [1.807, 2.05) is 0 Å². The van der Waals surface area contributed by atoms with Gasteiger partial charge in [-0.2, -0.15) is 5.10 Å². The monoisotopic (exact) mass is 343 g/mol. The molecule has 8 nitrogen and oxygen atoms in total. The molecule has 2 aliphatic rings. The maximum Gasteiger partial charge on any atom is 0.315 e. The molecule has 1 saturated carbocycles. The van der Waals surface area contributed by atoms with E-state index < -0.39 is 0 Å². The zero-order valence-electron chi connectivity index (χ0n) is 14.4. The fraction of sp³-hybridized carbons (Fsp3) is 0.647. The average molecular weight is 343 g/mol. The highest BCUT2D eigenvalue weighted by molar-refractivity contribution is 5.86. The Labute approximate surface area is 146 Å². The number of fused-ring (bicyclic) bond motifs is 1. The van der Waals surface area contributed by atoms with Crippen LogP contribution in [0.4, 0.5) is 10.6 Å². The second kappa shape index (κ2) is 7.25. The number of rotatable bonds is 3. The Hall–Kier alpha value is -2.38.